The van der Waals surface area contributed by atoms with Gasteiger partial charge in [0.05, 0.1) is 5.92 Å². The summed E-state index contributed by atoms with van der Waals surface area (Å²) in [5.74, 6) is 0.696. The topological polar surface area (TPSA) is 71.3 Å². The van der Waals surface area contributed by atoms with Crippen molar-refractivity contribution in [3.8, 4) is 11.4 Å². The summed E-state index contributed by atoms with van der Waals surface area (Å²) in [5, 5.41) is 6.85. The third-order valence-electron chi connectivity index (χ3n) is 4.85. The Balaban J connectivity index is 1.44. The van der Waals surface area contributed by atoms with Crippen LogP contribution in [0.2, 0.25) is 0 Å². The van der Waals surface area contributed by atoms with E-state index in [1.807, 2.05) is 31.2 Å². The first kappa shape index (κ1) is 18.2. The number of urea groups is 1. The predicted octanol–water partition coefficient (Wildman–Crippen LogP) is 4.60. The number of amides is 2. The molecule has 3 aromatic rings. The smallest absolute Gasteiger partial charge is 0.321 e. The number of halogens is 1. The van der Waals surface area contributed by atoms with Crippen LogP contribution in [0.4, 0.5) is 14.9 Å². The van der Waals surface area contributed by atoms with Gasteiger partial charge >= 0.3 is 6.03 Å². The SMILES string of the molecule is Cc1cccc(-c2noc([C@@H]3CCCN(C(=O)Nc4cccc(F)c4)C3)n2)c1. The lowest BCUT2D eigenvalue weighted by molar-refractivity contribution is 0.184. The van der Waals surface area contributed by atoms with Gasteiger partial charge in [0.1, 0.15) is 5.82 Å². The van der Waals surface area contributed by atoms with Crippen molar-refractivity contribution in [3.05, 3.63) is 65.8 Å². The van der Waals surface area contributed by atoms with Gasteiger partial charge in [0, 0.05) is 24.3 Å². The number of nitrogens with one attached hydrogen (secondary N) is 1. The van der Waals surface area contributed by atoms with Gasteiger partial charge in [0.2, 0.25) is 11.7 Å². The number of aromatic nitrogens is 2. The van der Waals surface area contributed by atoms with Crippen LogP contribution in [0, 0.1) is 12.7 Å². The van der Waals surface area contributed by atoms with Gasteiger partial charge in [0.25, 0.3) is 0 Å². The van der Waals surface area contributed by atoms with Crippen molar-refractivity contribution in [1.82, 2.24) is 15.0 Å². The monoisotopic (exact) mass is 380 g/mol. The van der Waals surface area contributed by atoms with E-state index >= 15 is 0 Å². The van der Waals surface area contributed by atoms with Gasteiger partial charge in [-0.1, -0.05) is 35.0 Å². The van der Waals surface area contributed by atoms with Crippen molar-refractivity contribution in [1.29, 1.82) is 0 Å². The Hall–Kier alpha value is -3.22. The molecule has 28 heavy (non-hydrogen) atoms. The van der Waals surface area contributed by atoms with Crippen LogP contribution >= 0.6 is 0 Å². The van der Waals surface area contributed by atoms with Crippen molar-refractivity contribution >= 4 is 11.7 Å². The van der Waals surface area contributed by atoms with E-state index in [4.69, 9.17) is 4.52 Å². The molecule has 2 amide bonds. The fourth-order valence-corrected chi connectivity index (χ4v) is 3.43. The zero-order chi connectivity index (χ0) is 19.5. The van der Waals surface area contributed by atoms with E-state index < -0.39 is 0 Å². The summed E-state index contributed by atoms with van der Waals surface area (Å²) in [5.41, 5.74) is 2.47. The van der Waals surface area contributed by atoms with E-state index in [-0.39, 0.29) is 17.8 Å². The molecular weight excluding hydrogens is 359 g/mol. The predicted molar refractivity (Wildman–Crippen MR) is 103 cm³/mol. The second-order valence-corrected chi connectivity index (χ2v) is 7.05. The number of rotatable bonds is 3. The lowest BCUT2D eigenvalue weighted by Gasteiger charge is -2.31. The molecule has 1 saturated heterocycles. The molecule has 7 heteroatoms. The van der Waals surface area contributed by atoms with Crippen molar-refractivity contribution in [2.75, 3.05) is 18.4 Å². The van der Waals surface area contributed by atoms with Crippen LogP contribution < -0.4 is 5.32 Å². The van der Waals surface area contributed by atoms with E-state index in [1.54, 1.807) is 17.0 Å². The molecular formula is C21H21FN4O2. The van der Waals surface area contributed by atoms with Gasteiger partial charge in [-0.25, -0.2) is 9.18 Å². The molecule has 4 rings (SSSR count). The first-order valence-corrected chi connectivity index (χ1v) is 9.30. The number of hydrogen-bond acceptors (Lipinski definition) is 4. The van der Waals surface area contributed by atoms with Crippen molar-refractivity contribution in [3.63, 3.8) is 0 Å². The van der Waals surface area contributed by atoms with Crippen LogP contribution in [0.3, 0.4) is 0 Å². The summed E-state index contributed by atoms with van der Waals surface area (Å²) in [6.45, 7) is 3.13. The highest BCUT2D eigenvalue weighted by atomic mass is 19.1. The van der Waals surface area contributed by atoms with Crippen LogP contribution in [-0.2, 0) is 0 Å². The number of hydrogen-bond donors (Lipinski definition) is 1. The van der Waals surface area contributed by atoms with Crippen LogP contribution in [-0.4, -0.2) is 34.2 Å². The molecule has 1 fully saturated rings. The highest BCUT2D eigenvalue weighted by molar-refractivity contribution is 5.89. The number of likely N-dealkylation sites (tertiary alicyclic amines) is 1. The quantitative estimate of drug-likeness (QED) is 0.721. The van der Waals surface area contributed by atoms with E-state index in [0.717, 1.165) is 24.0 Å². The summed E-state index contributed by atoms with van der Waals surface area (Å²) < 4.78 is 18.8. The van der Waals surface area contributed by atoms with Gasteiger partial charge in [0.15, 0.2) is 0 Å². The van der Waals surface area contributed by atoms with Gasteiger partial charge < -0.3 is 14.7 Å². The fourth-order valence-electron chi connectivity index (χ4n) is 3.43. The van der Waals surface area contributed by atoms with Crippen LogP contribution in [0.1, 0.15) is 30.2 Å². The number of aryl methyl sites for hydroxylation is 1. The summed E-state index contributed by atoms with van der Waals surface area (Å²) >= 11 is 0. The normalized spacial score (nSPS) is 16.8. The lowest BCUT2D eigenvalue weighted by atomic mass is 9.98. The molecule has 0 aliphatic carbocycles. The molecule has 0 saturated carbocycles. The molecule has 1 N–H and O–H groups in total. The Morgan fingerprint density at radius 3 is 2.93 bits per heavy atom. The van der Waals surface area contributed by atoms with E-state index in [9.17, 15) is 9.18 Å². The average molecular weight is 380 g/mol. The Labute approximate surface area is 162 Å². The largest absolute Gasteiger partial charge is 0.339 e. The second-order valence-electron chi connectivity index (χ2n) is 7.05. The molecule has 0 bridgehead atoms. The maximum atomic E-state index is 13.3. The van der Waals surface area contributed by atoms with E-state index in [2.05, 4.69) is 15.5 Å². The zero-order valence-electron chi connectivity index (χ0n) is 15.6. The minimum absolute atomic E-state index is 0.0157. The summed E-state index contributed by atoms with van der Waals surface area (Å²) in [4.78, 5) is 18.8. The average Bonchev–Trinajstić information content (AvgIpc) is 3.18. The molecule has 0 radical (unpaired) electrons. The first-order chi connectivity index (χ1) is 13.6. The highest BCUT2D eigenvalue weighted by Gasteiger charge is 2.28. The van der Waals surface area contributed by atoms with Gasteiger partial charge in [-0.3, -0.25) is 0 Å². The Bertz CT molecular complexity index is 988. The molecule has 2 heterocycles. The van der Waals surface area contributed by atoms with E-state index in [1.165, 1.54) is 12.1 Å². The summed E-state index contributed by atoms with van der Waals surface area (Å²) in [7, 11) is 0. The standard InChI is InChI=1S/C21H21FN4O2/c1-14-5-2-6-15(11-14)19-24-20(28-25-19)16-7-4-10-26(13-16)21(27)23-18-9-3-8-17(22)12-18/h2-3,5-6,8-9,11-12,16H,4,7,10,13H2,1H3,(H,23,27)/t16-/m1/s1. The molecule has 2 aromatic carbocycles. The minimum Gasteiger partial charge on any atom is -0.339 e. The number of carbonyl (C=O) groups is 1. The third-order valence-corrected chi connectivity index (χ3v) is 4.85. The molecule has 0 spiro atoms. The molecule has 1 aliphatic rings. The minimum atomic E-state index is -0.385. The Kier molecular flexibility index (Phi) is 5.06. The van der Waals surface area contributed by atoms with Gasteiger partial charge in [-0.2, -0.15) is 4.98 Å². The zero-order valence-corrected chi connectivity index (χ0v) is 15.6. The summed E-state index contributed by atoms with van der Waals surface area (Å²) in [6.07, 6.45) is 1.71. The van der Waals surface area contributed by atoms with Crippen molar-refractivity contribution in [2.24, 2.45) is 0 Å². The van der Waals surface area contributed by atoms with E-state index in [0.29, 0.717) is 30.5 Å². The number of carbonyl (C=O) groups excluding carboxylic acids is 1. The van der Waals surface area contributed by atoms with Crippen molar-refractivity contribution < 1.29 is 13.7 Å². The molecule has 144 valence electrons. The molecule has 1 atom stereocenters. The number of anilines is 1. The number of piperidine rings is 1. The highest BCUT2D eigenvalue weighted by Crippen LogP contribution is 2.28. The number of nitrogens with zero attached hydrogens (tertiary/aromatic N) is 3. The molecule has 6 nitrogen and oxygen atoms in total. The van der Waals surface area contributed by atoms with Crippen LogP contribution in [0.5, 0.6) is 0 Å². The maximum absolute atomic E-state index is 13.3. The Morgan fingerprint density at radius 2 is 2.11 bits per heavy atom. The van der Waals surface area contributed by atoms with Gasteiger partial charge in [-0.05, 0) is 44.0 Å². The number of benzene rings is 2. The van der Waals surface area contributed by atoms with Crippen molar-refractivity contribution in [2.45, 2.75) is 25.7 Å². The lowest BCUT2D eigenvalue weighted by Crippen LogP contribution is -2.41. The first-order valence-electron chi connectivity index (χ1n) is 9.30. The van der Waals surface area contributed by atoms with Gasteiger partial charge in [-0.15, -0.1) is 0 Å². The molecule has 1 aromatic heterocycles. The summed E-state index contributed by atoms with van der Waals surface area (Å²) in [6, 6.07) is 13.5. The fraction of sp³-hybridized carbons (Fsp3) is 0.286. The molecule has 0 unspecified atom stereocenters. The third kappa shape index (κ3) is 4.03. The van der Waals surface area contributed by atoms with Crippen LogP contribution in [0.25, 0.3) is 11.4 Å². The second kappa shape index (κ2) is 7.80. The van der Waals surface area contributed by atoms with Crippen LogP contribution in [0.15, 0.2) is 53.1 Å². The Morgan fingerprint density at radius 1 is 1.25 bits per heavy atom. The maximum Gasteiger partial charge on any atom is 0.321 e. The molecule has 1 aliphatic heterocycles.